The van der Waals surface area contributed by atoms with Gasteiger partial charge in [-0.1, -0.05) is 42.5 Å². The molecule has 148 valence electrons. The lowest BCUT2D eigenvalue weighted by atomic mass is 10.1. The third kappa shape index (κ3) is 7.03. The first-order chi connectivity index (χ1) is 12.5. The molecule has 0 bridgehead atoms. The van der Waals surface area contributed by atoms with Crippen LogP contribution in [0.15, 0.2) is 59.6 Å². The summed E-state index contributed by atoms with van der Waals surface area (Å²) in [7, 11) is 7.64. The molecule has 0 aliphatic rings. The van der Waals surface area contributed by atoms with Gasteiger partial charge in [-0.3, -0.25) is 4.99 Å². The van der Waals surface area contributed by atoms with E-state index in [0.29, 0.717) is 0 Å². The van der Waals surface area contributed by atoms with E-state index in [9.17, 15) is 0 Å². The number of hydrogen-bond acceptors (Lipinski definition) is 3. The van der Waals surface area contributed by atoms with Crippen LogP contribution in [-0.4, -0.2) is 45.7 Å². The van der Waals surface area contributed by atoms with E-state index in [1.54, 1.807) is 14.2 Å². The van der Waals surface area contributed by atoms with Crippen LogP contribution in [0.5, 0.6) is 5.75 Å². The Bertz CT molecular complexity index is 706. The molecule has 0 aliphatic carbocycles. The van der Waals surface area contributed by atoms with Gasteiger partial charge in [0.05, 0.1) is 19.2 Å². The highest BCUT2D eigenvalue weighted by molar-refractivity contribution is 14.0. The van der Waals surface area contributed by atoms with Gasteiger partial charge < -0.3 is 20.3 Å². The first kappa shape index (κ1) is 23.2. The number of rotatable bonds is 7. The molecular formula is C21H31IN4O. The van der Waals surface area contributed by atoms with Gasteiger partial charge in [0.2, 0.25) is 0 Å². The molecule has 0 heterocycles. The fourth-order valence-electron chi connectivity index (χ4n) is 2.87. The summed E-state index contributed by atoms with van der Waals surface area (Å²) in [6.07, 6.45) is 0. The van der Waals surface area contributed by atoms with Crippen LogP contribution < -0.4 is 15.4 Å². The maximum absolute atomic E-state index is 5.36. The Morgan fingerprint density at radius 2 is 1.74 bits per heavy atom. The minimum absolute atomic E-state index is 0. The number of guanidine groups is 1. The molecule has 0 fully saturated rings. The Kier molecular flexibility index (Phi) is 10.2. The molecule has 2 N–H and O–H groups in total. The summed E-state index contributed by atoms with van der Waals surface area (Å²) < 4.78 is 5.36. The van der Waals surface area contributed by atoms with E-state index in [2.05, 4.69) is 77.9 Å². The van der Waals surface area contributed by atoms with Crippen molar-refractivity contribution in [2.45, 2.75) is 19.0 Å². The van der Waals surface area contributed by atoms with Crippen molar-refractivity contribution in [3.63, 3.8) is 0 Å². The van der Waals surface area contributed by atoms with E-state index >= 15 is 0 Å². The van der Waals surface area contributed by atoms with Crippen LogP contribution >= 0.6 is 24.0 Å². The fourth-order valence-corrected chi connectivity index (χ4v) is 2.87. The molecule has 2 unspecified atom stereocenters. The van der Waals surface area contributed by atoms with Crippen molar-refractivity contribution in [1.82, 2.24) is 15.5 Å². The van der Waals surface area contributed by atoms with Crippen molar-refractivity contribution in [1.29, 1.82) is 0 Å². The van der Waals surface area contributed by atoms with Crippen LogP contribution in [-0.2, 0) is 0 Å². The van der Waals surface area contributed by atoms with E-state index in [1.807, 2.05) is 18.2 Å². The summed E-state index contributed by atoms with van der Waals surface area (Å²) in [5, 5.41) is 6.89. The highest BCUT2D eigenvalue weighted by Crippen LogP contribution is 2.22. The maximum Gasteiger partial charge on any atom is 0.191 e. The van der Waals surface area contributed by atoms with Crippen molar-refractivity contribution < 1.29 is 4.74 Å². The predicted octanol–water partition coefficient (Wildman–Crippen LogP) is 3.84. The molecule has 27 heavy (non-hydrogen) atoms. The molecule has 0 aromatic heterocycles. The Morgan fingerprint density at radius 1 is 1.07 bits per heavy atom. The van der Waals surface area contributed by atoms with Crippen LogP contribution in [0.1, 0.15) is 30.1 Å². The zero-order valence-electron chi connectivity index (χ0n) is 16.8. The lowest BCUT2D eigenvalue weighted by Gasteiger charge is -2.27. The van der Waals surface area contributed by atoms with E-state index in [0.717, 1.165) is 18.3 Å². The first-order valence-electron chi connectivity index (χ1n) is 8.87. The quantitative estimate of drug-likeness (QED) is 0.358. The molecule has 0 radical (unpaired) electrons. The van der Waals surface area contributed by atoms with Gasteiger partial charge in [0.25, 0.3) is 0 Å². The van der Waals surface area contributed by atoms with Crippen LogP contribution in [0.3, 0.4) is 0 Å². The van der Waals surface area contributed by atoms with Gasteiger partial charge in [-0.25, -0.2) is 0 Å². The standard InChI is InChI=1S/C21H30N4O.HI/c1-16(17-10-7-6-8-11-17)24-21(22-2)23-15-20(25(3)4)18-12-9-13-19(14-18)26-5;/h6-14,16,20H,15H2,1-5H3,(H2,22,23,24);1H. The summed E-state index contributed by atoms with van der Waals surface area (Å²) >= 11 is 0. The van der Waals surface area contributed by atoms with Gasteiger partial charge in [0.1, 0.15) is 5.75 Å². The Balaban J connectivity index is 0.00000364. The van der Waals surface area contributed by atoms with Crippen LogP contribution in [0.25, 0.3) is 0 Å². The Hall–Kier alpha value is -1.80. The van der Waals surface area contributed by atoms with Gasteiger partial charge in [-0.05, 0) is 44.3 Å². The van der Waals surface area contributed by atoms with Crippen LogP contribution in [0.2, 0.25) is 0 Å². The van der Waals surface area contributed by atoms with Gasteiger partial charge in [-0.15, -0.1) is 24.0 Å². The van der Waals surface area contributed by atoms with Crippen molar-refractivity contribution >= 4 is 29.9 Å². The maximum atomic E-state index is 5.36. The topological polar surface area (TPSA) is 48.9 Å². The zero-order chi connectivity index (χ0) is 18.9. The molecule has 0 amide bonds. The number of likely N-dealkylation sites (N-methyl/N-ethyl adjacent to an activating group) is 1. The van der Waals surface area contributed by atoms with Gasteiger partial charge in [-0.2, -0.15) is 0 Å². The van der Waals surface area contributed by atoms with E-state index in [1.165, 1.54) is 11.1 Å². The molecule has 0 aliphatic heterocycles. The summed E-state index contributed by atoms with van der Waals surface area (Å²) in [6.45, 7) is 2.87. The van der Waals surface area contributed by atoms with Gasteiger partial charge in [0.15, 0.2) is 5.96 Å². The summed E-state index contributed by atoms with van der Waals surface area (Å²) in [6, 6.07) is 18.9. The zero-order valence-corrected chi connectivity index (χ0v) is 19.1. The van der Waals surface area contributed by atoms with Crippen molar-refractivity contribution in [2.75, 3.05) is 34.8 Å². The summed E-state index contributed by atoms with van der Waals surface area (Å²) in [4.78, 5) is 6.55. The minimum atomic E-state index is 0. The average Bonchev–Trinajstić information content (AvgIpc) is 2.67. The number of nitrogens with zero attached hydrogens (tertiary/aromatic N) is 2. The molecule has 0 saturated heterocycles. The molecule has 6 heteroatoms. The van der Waals surface area contributed by atoms with Crippen molar-refractivity contribution in [2.24, 2.45) is 4.99 Å². The third-order valence-corrected chi connectivity index (χ3v) is 4.44. The largest absolute Gasteiger partial charge is 0.497 e. The number of halogens is 1. The SMILES string of the molecule is CN=C(NCC(c1cccc(OC)c1)N(C)C)NC(C)c1ccccc1.I. The molecule has 5 nitrogen and oxygen atoms in total. The van der Waals surface area contributed by atoms with E-state index < -0.39 is 0 Å². The number of benzene rings is 2. The third-order valence-electron chi connectivity index (χ3n) is 4.44. The highest BCUT2D eigenvalue weighted by Gasteiger charge is 2.16. The summed E-state index contributed by atoms with van der Waals surface area (Å²) in [5.74, 6) is 1.66. The molecule has 2 aromatic rings. The smallest absolute Gasteiger partial charge is 0.191 e. The van der Waals surface area contributed by atoms with E-state index in [4.69, 9.17) is 4.74 Å². The second-order valence-corrected chi connectivity index (χ2v) is 6.49. The normalized spacial score (nSPS) is 13.5. The number of ether oxygens (including phenoxy) is 1. The van der Waals surface area contributed by atoms with Gasteiger partial charge in [0, 0.05) is 13.6 Å². The second-order valence-electron chi connectivity index (χ2n) is 6.49. The lowest BCUT2D eigenvalue weighted by molar-refractivity contribution is 0.297. The monoisotopic (exact) mass is 482 g/mol. The van der Waals surface area contributed by atoms with Gasteiger partial charge >= 0.3 is 0 Å². The molecule has 2 atom stereocenters. The molecule has 0 saturated carbocycles. The lowest BCUT2D eigenvalue weighted by Crippen LogP contribution is -2.42. The second kappa shape index (κ2) is 11.8. The Morgan fingerprint density at radius 3 is 2.33 bits per heavy atom. The minimum Gasteiger partial charge on any atom is -0.497 e. The fraction of sp³-hybridized carbons (Fsp3) is 0.381. The number of nitrogens with one attached hydrogen (secondary N) is 2. The summed E-state index contributed by atoms with van der Waals surface area (Å²) in [5.41, 5.74) is 2.43. The van der Waals surface area contributed by atoms with Crippen LogP contribution in [0, 0.1) is 0 Å². The Labute approximate surface area is 180 Å². The number of hydrogen-bond donors (Lipinski definition) is 2. The van der Waals surface area contributed by atoms with Crippen molar-refractivity contribution in [3.8, 4) is 5.75 Å². The molecule has 2 aromatic carbocycles. The molecular weight excluding hydrogens is 451 g/mol. The first-order valence-corrected chi connectivity index (χ1v) is 8.87. The highest BCUT2D eigenvalue weighted by atomic mass is 127. The predicted molar refractivity (Wildman–Crippen MR) is 124 cm³/mol. The molecule has 0 spiro atoms. The van der Waals surface area contributed by atoms with Crippen LogP contribution in [0.4, 0.5) is 0 Å². The average molecular weight is 482 g/mol. The van der Waals surface area contributed by atoms with E-state index in [-0.39, 0.29) is 36.1 Å². The number of aliphatic imine (C=N–C) groups is 1. The number of methoxy groups -OCH3 is 1. The van der Waals surface area contributed by atoms with Crippen molar-refractivity contribution in [3.05, 3.63) is 65.7 Å². The molecule has 2 rings (SSSR count).